The third-order valence-corrected chi connectivity index (χ3v) is 5.99. The first-order chi connectivity index (χ1) is 15.3. The molecule has 6 nitrogen and oxygen atoms in total. The van der Waals surface area contributed by atoms with E-state index in [0.717, 1.165) is 71.1 Å². The van der Waals surface area contributed by atoms with E-state index >= 15 is 0 Å². The third-order valence-electron chi connectivity index (χ3n) is 5.99. The van der Waals surface area contributed by atoms with Gasteiger partial charge >= 0.3 is 0 Å². The molecule has 0 saturated carbocycles. The summed E-state index contributed by atoms with van der Waals surface area (Å²) in [5, 5.41) is 3.48. The van der Waals surface area contributed by atoms with Crippen LogP contribution in [-0.2, 0) is 27.4 Å². The minimum absolute atomic E-state index is 0. The van der Waals surface area contributed by atoms with Crippen LogP contribution in [-0.4, -0.2) is 62.5 Å². The summed E-state index contributed by atoms with van der Waals surface area (Å²) in [7, 11) is 0. The van der Waals surface area contributed by atoms with Gasteiger partial charge in [-0.25, -0.2) is 4.99 Å². The largest absolute Gasteiger partial charge is 0.377 e. The molecule has 0 aromatic heterocycles. The lowest BCUT2D eigenvalue weighted by atomic mass is 10.1. The maximum absolute atomic E-state index is 6.18. The smallest absolute Gasteiger partial charge is 0.194 e. The molecule has 2 fully saturated rings. The zero-order valence-electron chi connectivity index (χ0n) is 19.9. The molecule has 7 heteroatoms. The highest BCUT2D eigenvalue weighted by molar-refractivity contribution is 14.0. The Bertz CT molecular complexity index is 660. The summed E-state index contributed by atoms with van der Waals surface area (Å²) in [6.07, 6.45) is 7.35. The average Bonchev–Trinajstić information content (AvgIpc) is 2.82. The molecule has 32 heavy (non-hydrogen) atoms. The first kappa shape index (κ1) is 27.3. The predicted molar refractivity (Wildman–Crippen MR) is 141 cm³/mol. The van der Waals surface area contributed by atoms with Crippen LogP contribution in [0.25, 0.3) is 0 Å². The van der Waals surface area contributed by atoms with Crippen LogP contribution < -0.4 is 5.32 Å². The predicted octanol–water partition coefficient (Wildman–Crippen LogP) is 4.75. The van der Waals surface area contributed by atoms with Gasteiger partial charge in [-0.1, -0.05) is 31.2 Å². The van der Waals surface area contributed by atoms with Crippen molar-refractivity contribution in [2.24, 2.45) is 4.99 Å². The fraction of sp³-hybridized carbons (Fsp3) is 0.720. The number of benzene rings is 1. The lowest BCUT2D eigenvalue weighted by Gasteiger charge is -2.35. The highest BCUT2D eigenvalue weighted by atomic mass is 127. The molecule has 1 aromatic carbocycles. The molecule has 2 saturated heterocycles. The standard InChI is InChI=1S/C25H41N3O3.HI/c1-3-16-29-19-22-10-6-5-9-21(22)18-27-25(26-4-2)28-14-12-23(13-15-28)31-20-24-11-7-8-17-30-24;/h5-6,9-10,23-24H,3-4,7-8,11-20H2,1-2H3,(H,26,27);1H. The van der Waals surface area contributed by atoms with Gasteiger partial charge in [-0.2, -0.15) is 0 Å². The van der Waals surface area contributed by atoms with E-state index in [-0.39, 0.29) is 24.0 Å². The molecule has 1 N–H and O–H groups in total. The Balaban J connectivity index is 0.00000363. The Morgan fingerprint density at radius 3 is 2.59 bits per heavy atom. The molecule has 0 bridgehead atoms. The van der Waals surface area contributed by atoms with Crippen LogP contribution in [0.1, 0.15) is 63.5 Å². The van der Waals surface area contributed by atoms with Crippen molar-refractivity contribution in [1.29, 1.82) is 0 Å². The van der Waals surface area contributed by atoms with E-state index in [2.05, 4.69) is 48.3 Å². The van der Waals surface area contributed by atoms with E-state index in [9.17, 15) is 0 Å². The minimum Gasteiger partial charge on any atom is -0.377 e. The molecule has 1 unspecified atom stereocenters. The Morgan fingerprint density at radius 1 is 1.12 bits per heavy atom. The van der Waals surface area contributed by atoms with Crippen molar-refractivity contribution < 1.29 is 14.2 Å². The van der Waals surface area contributed by atoms with Gasteiger partial charge in [0, 0.05) is 32.8 Å². The molecule has 2 aliphatic rings. The summed E-state index contributed by atoms with van der Waals surface area (Å²) >= 11 is 0. The van der Waals surface area contributed by atoms with E-state index in [1.165, 1.54) is 24.0 Å². The highest BCUT2D eigenvalue weighted by Gasteiger charge is 2.23. The van der Waals surface area contributed by atoms with E-state index in [1.807, 2.05) is 0 Å². The molecule has 3 rings (SSSR count). The van der Waals surface area contributed by atoms with Crippen molar-refractivity contribution in [3.05, 3.63) is 35.4 Å². The lowest BCUT2D eigenvalue weighted by Crippen LogP contribution is -2.47. The number of hydrogen-bond donors (Lipinski definition) is 1. The highest BCUT2D eigenvalue weighted by Crippen LogP contribution is 2.18. The number of nitrogens with zero attached hydrogens (tertiary/aromatic N) is 2. The van der Waals surface area contributed by atoms with Crippen molar-refractivity contribution in [3.8, 4) is 0 Å². The minimum atomic E-state index is 0. The van der Waals surface area contributed by atoms with Crippen molar-refractivity contribution in [2.75, 3.05) is 39.5 Å². The fourth-order valence-electron chi connectivity index (χ4n) is 4.18. The molecule has 182 valence electrons. The monoisotopic (exact) mass is 559 g/mol. The first-order valence-electron chi connectivity index (χ1n) is 12.2. The Kier molecular flexibility index (Phi) is 13.5. The third kappa shape index (κ3) is 9.15. The molecule has 1 aromatic rings. The number of nitrogens with one attached hydrogen (secondary N) is 1. The van der Waals surface area contributed by atoms with E-state index in [0.29, 0.717) is 25.4 Å². The van der Waals surface area contributed by atoms with Crippen molar-refractivity contribution >= 4 is 29.9 Å². The van der Waals surface area contributed by atoms with Crippen LogP contribution in [0.15, 0.2) is 29.3 Å². The molecule has 2 aliphatic heterocycles. The van der Waals surface area contributed by atoms with Gasteiger partial charge in [0.15, 0.2) is 5.96 Å². The summed E-state index contributed by atoms with van der Waals surface area (Å²) in [5.41, 5.74) is 2.47. The first-order valence-corrected chi connectivity index (χ1v) is 12.2. The molecular weight excluding hydrogens is 517 g/mol. The van der Waals surface area contributed by atoms with Crippen molar-refractivity contribution in [3.63, 3.8) is 0 Å². The quantitative estimate of drug-likeness (QED) is 0.194. The fourth-order valence-corrected chi connectivity index (χ4v) is 4.18. The van der Waals surface area contributed by atoms with Gasteiger partial charge in [0.05, 0.1) is 32.0 Å². The second kappa shape index (κ2) is 15.9. The summed E-state index contributed by atoms with van der Waals surface area (Å²) in [6.45, 7) is 10.8. The van der Waals surface area contributed by atoms with Gasteiger partial charge in [-0.3, -0.25) is 0 Å². The molecule has 0 spiro atoms. The summed E-state index contributed by atoms with van der Waals surface area (Å²) in [6, 6.07) is 8.46. The van der Waals surface area contributed by atoms with Gasteiger partial charge < -0.3 is 24.4 Å². The molecule has 0 aliphatic carbocycles. The molecule has 1 atom stereocenters. The maximum atomic E-state index is 6.18. The van der Waals surface area contributed by atoms with Crippen LogP contribution in [0.2, 0.25) is 0 Å². The normalized spacial score (nSPS) is 20.1. The van der Waals surface area contributed by atoms with Gasteiger partial charge in [-0.05, 0) is 56.6 Å². The maximum Gasteiger partial charge on any atom is 0.194 e. The molecular formula is C25H42IN3O3. The van der Waals surface area contributed by atoms with Gasteiger partial charge in [0.1, 0.15) is 0 Å². The number of rotatable bonds is 10. The molecule has 0 radical (unpaired) electrons. The van der Waals surface area contributed by atoms with Gasteiger partial charge in [0.25, 0.3) is 0 Å². The Morgan fingerprint density at radius 2 is 1.91 bits per heavy atom. The van der Waals surface area contributed by atoms with Crippen LogP contribution in [0.3, 0.4) is 0 Å². The molecule has 0 amide bonds. The van der Waals surface area contributed by atoms with Crippen LogP contribution in [0, 0.1) is 0 Å². The summed E-state index contributed by atoms with van der Waals surface area (Å²) in [4.78, 5) is 7.33. The van der Waals surface area contributed by atoms with Crippen LogP contribution in [0.5, 0.6) is 0 Å². The second-order valence-electron chi connectivity index (χ2n) is 8.50. The zero-order valence-corrected chi connectivity index (χ0v) is 22.2. The number of ether oxygens (including phenoxy) is 3. The number of piperidine rings is 1. The number of likely N-dealkylation sites (tertiary alicyclic amines) is 1. The van der Waals surface area contributed by atoms with Gasteiger partial charge in [0.2, 0.25) is 0 Å². The van der Waals surface area contributed by atoms with Crippen molar-refractivity contribution in [1.82, 2.24) is 10.2 Å². The van der Waals surface area contributed by atoms with Gasteiger partial charge in [-0.15, -0.1) is 24.0 Å². The summed E-state index contributed by atoms with van der Waals surface area (Å²) in [5.74, 6) is 1.00. The second-order valence-corrected chi connectivity index (χ2v) is 8.50. The zero-order chi connectivity index (χ0) is 21.7. The number of guanidine groups is 1. The van der Waals surface area contributed by atoms with Crippen LogP contribution >= 0.6 is 24.0 Å². The summed E-state index contributed by atoms with van der Waals surface area (Å²) < 4.78 is 17.7. The number of aliphatic imine (C=N–C) groups is 1. The SMILES string of the molecule is CCCOCc1ccccc1CN=C(NCC)N1CCC(OCC2CCCCO2)CC1.I. The van der Waals surface area contributed by atoms with Crippen LogP contribution in [0.4, 0.5) is 0 Å². The Labute approximate surface area is 211 Å². The topological polar surface area (TPSA) is 55.3 Å². The van der Waals surface area contributed by atoms with Crippen molar-refractivity contribution in [2.45, 2.75) is 77.7 Å². The van der Waals surface area contributed by atoms with E-state index in [4.69, 9.17) is 19.2 Å². The number of halogens is 1. The Hall–Kier alpha value is -0.900. The van der Waals surface area contributed by atoms with E-state index < -0.39 is 0 Å². The molecule has 2 heterocycles. The lowest BCUT2D eigenvalue weighted by molar-refractivity contribution is -0.0721. The average molecular weight is 560 g/mol. The van der Waals surface area contributed by atoms with E-state index in [1.54, 1.807) is 0 Å². The number of hydrogen-bond acceptors (Lipinski definition) is 4.